The van der Waals surface area contributed by atoms with Gasteiger partial charge < -0.3 is 4.79 Å². The molecule has 0 amide bonds. The van der Waals surface area contributed by atoms with Crippen LogP contribution in [0.15, 0.2) is 0 Å². The lowest BCUT2D eigenvalue weighted by Crippen LogP contribution is -2.29. The highest BCUT2D eigenvalue weighted by Gasteiger charge is 2.33. The fraction of sp³-hybridized carbons (Fsp3) is 0.929. The Morgan fingerprint density at radius 2 is 2.20 bits per heavy atom. The number of rotatable bonds is 5. The van der Waals surface area contributed by atoms with Gasteiger partial charge in [0.05, 0.1) is 0 Å². The van der Waals surface area contributed by atoms with Crippen molar-refractivity contribution in [3.8, 4) is 0 Å². The quantitative estimate of drug-likeness (QED) is 0.621. The van der Waals surface area contributed by atoms with Crippen LogP contribution < -0.4 is 0 Å². The van der Waals surface area contributed by atoms with Gasteiger partial charge in [-0.3, -0.25) is 0 Å². The Balaban J connectivity index is 2.41. The predicted octanol–water partition coefficient (Wildman–Crippen LogP) is 4.21. The van der Waals surface area contributed by atoms with Gasteiger partial charge in [-0.25, -0.2) is 0 Å². The van der Waals surface area contributed by atoms with Crippen molar-refractivity contribution in [2.24, 2.45) is 17.3 Å². The predicted molar refractivity (Wildman–Crippen MR) is 64.8 cm³/mol. The van der Waals surface area contributed by atoms with Gasteiger partial charge in [0.1, 0.15) is 6.29 Å². The average Bonchev–Trinajstić information content (AvgIpc) is 2.17. The summed E-state index contributed by atoms with van der Waals surface area (Å²) in [7, 11) is 0. The second-order valence-corrected chi connectivity index (χ2v) is 5.97. The largest absolute Gasteiger partial charge is 0.303 e. The van der Waals surface area contributed by atoms with Crippen LogP contribution in [0.5, 0.6) is 0 Å². The molecule has 0 saturated heterocycles. The van der Waals surface area contributed by atoms with E-state index in [1.807, 2.05) is 0 Å². The van der Waals surface area contributed by atoms with Crippen LogP contribution in [0.2, 0.25) is 0 Å². The molecular weight excluding hydrogens is 184 g/mol. The molecule has 1 aliphatic rings. The lowest BCUT2D eigenvalue weighted by atomic mass is 9.68. The van der Waals surface area contributed by atoms with Gasteiger partial charge >= 0.3 is 0 Å². The van der Waals surface area contributed by atoms with Gasteiger partial charge in [-0.1, -0.05) is 46.5 Å². The summed E-state index contributed by atoms with van der Waals surface area (Å²) in [6, 6.07) is 0. The number of carbonyl (C=O) groups is 1. The van der Waals surface area contributed by atoms with E-state index in [0.29, 0.717) is 0 Å². The Labute approximate surface area is 94.6 Å². The zero-order chi connectivity index (χ0) is 11.3. The van der Waals surface area contributed by atoms with Crippen molar-refractivity contribution in [3.05, 3.63) is 0 Å². The first-order chi connectivity index (χ1) is 7.08. The van der Waals surface area contributed by atoms with E-state index in [2.05, 4.69) is 20.8 Å². The molecule has 0 aromatic heterocycles. The summed E-state index contributed by atoms with van der Waals surface area (Å²) in [5, 5.41) is 0. The Morgan fingerprint density at radius 3 is 2.73 bits per heavy atom. The molecule has 0 aliphatic heterocycles. The van der Waals surface area contributed by atoms with Crippen molar-refractivity contribution >= 4 is 6.29 Å². The minimum Gasteiger partial charge on any atom is -0.303 e. The van der Waals surface area contributed by atoms with Crippen molar-refractivity contribution < 1.29 is 4.79 Å². The van der Waals surface area contributed by atoms with E-state index in [4.69, 9.17) is 0 Å². The first kappa shape index (κ1) is 12.7. The Kier molecular flexibility index (Phi) is 4.82. The normalized spacial score (nSPS) is 31.9. The highest BCUT2D eigenvalue weighted by atomic mass is 16.1. The van der Waals surface area contributed by atoms with E-state index in [-0.39, 0.29) is 5.41 Å². The number of hydrogen-bond acceptors (Lipinski definition) is 1. The van der Waals surface area contributed by atoms with Crippen LogP contribution in [-0.2, 0) is 4.79 Å². The maximum Gasteiger partial charge on any atom is 0.126 e. The van der Waals surface area contributed by atoms with Gasteiger partial charge in [0.15, 0.2) is 0 Å². The number of hydrogen-bond donors (Lipinski definition) is 0. The first-order valence-electron chi connectivity index (χ1n) is 6.54. The van der Waals surface area contributed by atoms with Crippen LogP contribution in [0, 0.1) is 17.3 Å². The third-order valence-electron chi connectivity index (χ3n) is 3.83. The average molecular weight is 210 g/mol. The zero-order valence-electron chi connectivity index (χ0n) is 10.6. The zero-order valence-corrected chi connectivity index (χ0v) is 10.6. The smallest absolute Gasteiger partial charge is 0.126 e. The topological polar surface area (TPSA) is 17.1 Å². The van der Waals surface area contributed by atoms with E-state index in [0.717, 1.165) is 31.1 Å². The minimum atomic E-state index is 0.0482. The van der Waals surface area contributed by atoms with Crippen LogP contribution in [0.1, 0.15) is 65.7 Å². The molecule has 0 heterocycles. The lowest BCUT2D eigenvalue weighted by Gasteiger charge is -2.35. The summed E-state index contributed by atoms with van der Waals surface area (Å²) in [5.41, 5.74) is 0.0482. The van der Waals surface area contributed by atoms with Crippen LogP contribution in [0.3, 0.4) is 0 Å². The fourth-order valence-corrected chi connectivity index (χ4v) is 2.96. The molecule has 1 saturated carbocycles. The standard InChI is InChI=1S/C14H26O/c1-12(2)6-4-8-14(11-15)9-5-7-13(3)10-14/h11-13H,4-10H2,1-3H3. The van der Waals surface area contributed by atoms with Gasteiger partial charge in [0.2, 0.25) is 0 Å². The fourth-order valence-electron chi connectivity index (χ4n) is 2.96. The summed E-state index contributed by atoms with van der Waals surface area (Å²) < 4.78 is 0. The molecule has 1 heteroatoms. The molecule has 0 aromatic carbocycles. The highest BCUT2D eigenvalue weighted by Crippen LogP contribution is 2.41. The second kappa shape index (κ2) is 5.67. The van der Waals surface area contributed by atoms with Gasteiger partial charge in [0.25, 0.3) is 0 Å². The summed E-state index contributed by atoms with van der Waals surface area (Å²) in [5.74, 6) is 1.53. The van der Waals surface area contributed by atoms with Gasteiger partial charge in [-0.2, -0.15) is 0 Å². The number of aldehydes is 1. The second-order valence-electron chi connectivity index (χ2n) is 5.97. The van der Waals surface area contributed by atoms with Crippen molar-refractivity contribution in [2.75, 3.05) is 0 Å². The van der Waals surface area contributed by atoms with Crippen molar-refractivity contribution in [2.45, 2.75) is 65.7 Å². The first-order valence-corrected chi connectivity index (χ1v) is 6.54. The molecule has 1 fully saturated rings. The monoisotopic (exact) mass is 210 g/mol. The molecule has 1 rings (SSSR count). The molecule has 0 radical (unpaired) electrons. The minimum absolute atomic E-state index is 0.0482. The van der Waals surface area contributed by atoms with Crippen LogP contribution >= 0.6 is 0 Å². The highest BCUT2D eigenvalue weighted by molar-refractivity contribution is 5.59. The summed E-state index contributed by atoms with van der Waals surface area (Å²) in [4.78, 5) is 11.3. The van der Waals surface area contributed by atoms with Gasteiger partial charge in [0, 0.05) is 5.41 Å². The lowest BCUT2D eigenvalue weighted by molar-refractivity contribution is -0.119. The molecule has 0 aromatic rings. The van der Waals surface area contributed by atoms with E-state index in [9.17, 15) is 4.79 Å². The van der Waals surface area contributed by atoms with Gasteiger partial charge in [-0.05, 0) is 31.1 Å². The maximum absolute atomic E-state index is 11.3. The Morgan fingerprint density at radius 1 is 1.47 bits per heavy atom. The van der Waals surface area contributed by atoms with Crippen molar-refractivity contribution in [1.82, 2.24) is 0 Å². The Bertz CT molecular complexity index is 198. The molecule has 15 heavy (non-hydrogen) atoms. The number of carbonyl (C=O) groups excluding carboxylic acids is 1. The van der Waals surface area contributed by atoms with Crippen LogP contribution in [-0.4, -0.2) is 6.29 Å². The van der Waals surface area contributed by atoms with Gasteiger partial charge in [-0.15, -0.1) is 0 Å². The van der Waals surface area contributed by atoms with Crippen molar-refractivity contribution in [3.63, 3.8) is 0 Å². The Hall–Kier alpha value is -0.330. The SMILES string of the molecule is CC(C)CCCC1(C=O)CCCC(C)C1. The van der Waals surface area contributed by atoms with E-state index < -0.39 is 0 Å². The molecular formula is C14H26O. The van der Waals surface area contributed by atoms with Crippen molar-refractivity contribution in [1.29, 1.82) is 0 Å². The third-order valence-corrected chi connectivity index (χ3v) is 3.83. The molecule has 0 spiro atoms. The molecule has 2 atom stereocenters. The summed E-state index contributed by atoms with van der Waals surface area (Å²) in [6.45, 7) is 6.81. The van der Waals surface area contributed by atoms with E-state index in [1.165, 1.54) is 32.0 Å². The van der Waals surface area contributed by atoms with E-state index in [1.54, 1.807) is 0 Å². The van der Waals surface area contributed by atoms with E-state index >= 15 is 0 Å². The molecule has 2 unspecified atom stereocenters. The van der Waals surface area contributed by atoms with Crippen LogP contribution in [0.25, 0.3) is 0 Å². The molecule has 0 bridgehead atoms. The molecule has 1 nitrogen and oxygen atoms in total. The molecule has 1 aliphatic carbocycles. The summed E-state index contributed by atoms with van der Waals surface area (Å²) >= 11 is 0. The third kappa shape index (κ3) is 3.96. The summed E-state index contributed by atoms with van der Waals surface area (Å²) in [6.07, 6.45) is 9.73. The molecule has 88 valence electrons. The van der Waals surface area contributed by atoms with Crippen LogP contribution in [0.4, 0.5) is 0 Å². The molecule has 0 N–H and O–H groups in total. The maximum atomic E-state index is 11.3.